The maximum atomic E-state index is 12.0. The highest BCUT2D eigenvalue weighted by molar-refractivity contribution is 14.1. The normalized spacial score (nSPS) is 14.3. The smallest absolute Gasteiger partial charge is 0.335 e. The zero-order valence-electron chi connectivity index (χ0n) is 17.5. The fourth-order valence-corrected chi connectivity index (χ4v) is 3.81. The number of hydrazone groups is 1. The highest BCUT2D eigenvalue weighted by atomic mass is 127. The van der Waals surface area contributed by atoms with Crippen LogP contribution in [0.3, 0.4) is 0 Å². The number of carboxylic acid groups (broad SMARTS) is 1. The van der Waals surface area contributed by atoms with E-state index >= 15 is 0 Å². The lowest BCUT2D eigenvalue weighted by Gasteiger charge is -2.25. The van der Waals surface area contributed by atoms with E-state index in [4.69, 9.17) is 19.3 Å². The van der Waals surface area contributed by atoms with Crippen LogP contribution in [-0.2, 0) is 16.1 Å². The summed E-state index contributed by atoms with van der Waals surface area (Å²) in [6, 6.07) is 10.1. The Kier molecular flexibility index (Phi) is 8.82. The number of amides is 1. The van der Waals surface area contributed by atoms with Crippen LogP contribution >= 0.6 is 22.6 Å². The lowest BCUT2D eigenvalue weighted by atomic mass is 10.1. The lowest BCUT2D eigenvalue weighted by Crippen LogP contribution is -2.42. The van der Waals surface area contributed by atoms with E-state index in [0.717, 1.165) is 27.8 Å². The molecule has 0 atom stereocenters. The molecule has 9 nitrogen and oxygen atoms in total. The summed E-state index contributed by atoms with van der Waals surface area (Å²) in [5.41, 5.74) is 4.35. The number of nitrogens with zero attached hydrogens (tertiary/aromatic N) is 2. The van der Waals surface area contributed by atoms with Crippen molar-refractivity contribution in [3.63, 3.8) is 0 Å². The number of ether oxygens (including phenoxy) is 3. The van der Waals surface area contributed by atoms with Gasteiger partial charge in [0.15, 0.2) is 11.5 Å². The number of carbonyl (C=O) groups is 2. The summed E-state index contributed by atoms with van der Waals surface area (Å²) in [6.45, 7) is 3.28. The lowest BCUT2D eigenvalue weighted by molar-refractivity contribution is -0.123. The molecule has 1 amide bonds. The second-order valence-corrected chi connectivity index (χ2v) is 8.17. The van der Waals surface area contributed by atoms with Gasteiger partial charge in [0, 0.05) is 13.1 Å². The molecule has 1 aliphatic rings. The molecule has 0 saturated carbocycles. The van der Waals surface area contributed by atoms with E-state index in [-0.39, 0.29) is 24.6 Å². The van der Waals surface area contributed by atoms with Crippen molar-refractivity contribution in [3.05, 3.63) is 56.7 Å². The fraction of sp³-hybridized carbons (Fsp3) is 0.318. The molecule has 1 saturated heterocycles. The molecule has 0 spiro atoms. The SMILES string of the molecule is COc1cc(/C=N/NC(=O)CN2CCOCC2)cc(I)c1OCc1ccc(C(=O)O)cc1. The van der Waals surface area contributed by atoms with Gasteiger partial charge in [0.2, 0.25) is 0 Å². The third kappa shape index (κ3) is 6.90. The van der Waals surface area contributed by atoms with Crippen LogP contribution in [0.2, 0.25) is 0 Å². The van der Waals surface area contributed by atoms with Crippen LogP contribution in [0.5, 0.6) is 11.5 Å². The molecule has 0 aliphatic carbocycles. The Balaban J connectivity index is 1.59. The number of halogens is 1. The van der Waals surface area contributed by atoms with Crippen molar-refractivity contribution in [1.82, 2.24) is 10.3 Å². The summed E-state index contributed by atoms with van der Waals surface area (Å²) in [5.74, 6) is -0.0500. The summed E-state index contributed by atoms with van der Waals surface area (Å²) in [7, 11) is 1.55. The van der Waals surface area contributed by atoms with Crippen LogP contribution in [0.15, 0.2) is 41.5 Å². The number of nitrogens with one attached hydrogen (secondary N) is 1. The van der Waals surface area contributed by atoms with Crippen LogP contribution in [0.4, 0.5) is 0 Å². The minimum Gasteiger partial charge on any atom is -0.493 e. The quantitative estimate of drug-likeness (QED) is 0.279. The predicted molar refractivity (Wildman–Crippen MR) is 126 cm³/mol. The van der Waals surface area contributed by atoms with Gasteiger partial charge in [-0.05, 0) is 58.0 Å². The molecule has 10 heteroatoms. The van der Waals surface area contributed by atoms with Crippen molar-refractivity contribution in [1.29, 1.82) is 0 Å². The molecule has 1 fully saturated rings. The van der Waals surface area contributed by atoms with Gasteiger partial charge in [-0.3, -0.25) is 9.69 Å². The van der Waals surface area contributed by atoms with E-state index in [0.29, 0.717) is 24.7 Å². The number of carbonyl (C=O) groups excluding carboxylic acids is 1. The van der Waals surface area contributed by atoms with Crippen LogP contribution in [0, 0.1) is 3.57 Å². The minimum absolute atomic E-state index is 0.182. The number of rotatable bonds is 9. The molecule has 0 radical (unpaired) electrons. The van der Waals surface area contributed by atoms with Crippen LogP contribution in [0.1, 0.15) is 21.5 Å². The standard InChI is InChI=1S/C22H24IN3O6/c1-30-19-11-16(12-24-25-20(27)13-26-6-8-31-9-7-26)10-18(23)21(19)32-14-15-2-4-17(5-3-15)22(28)29/h2-5,10-12H,6-9,13-14H2,1H3,(H,25,27)(H,28,29)/b24-12+. The van der Waals surface area contributed by atoms with E-state index < -0.39 is 5.97 Å². The summed E-state index contributed by atoms with van der Waals surface area (Å²) in [5, 5.41) is 13.0. The third-order valence-electron chi connectivity index (χ3n) is 4.71. The zero-order valence-corrected chi connectivity index (χ0v) is 19.7. The number of carboxylic acids is 1. The van der Waals surface area contributed by atoms with Crippen LogP contribution in [-0.4, -0.2) is 68.1 Å². The molecule has 0 aromatic heterocycles. The van der Waals surface area contributed by atoms with E-state index in [1.165, 1.54) is 12.1 Å². The number of hydrogen-bond donors (Lipinski definition) is 2. The molecule has 0 unspecified atom stereocenters. The first-order chi connectivity index (χ1) is 15.5. The van der Waals surface area contributed by atoms with Gasteiger partial charge in [-0.25, -0.2) is 10.2 Å². The number of morpholine rings is 1. The monoisotopic (exact) mass is 553 g/mol. The van der Waals surface area contributed by atoms with Crippen molar-refractivity contribution >= 4 is 40.7 Å². The van der Waals surface area contributed by atoms with Crippen molar-refractivity contribution in [2.75, 3.05) is 40.0 Å². The van der Waals surface area contributed by atoms with Crippen LogP contribution in [0.25, 0.3) is 0 Å². The second kappa shape index (κ2) is 11.8. The number of benzene rings is 2. The van der Waals surface area contributed by atoms with Crippen molar-refractivity contribution in [3.8, 4) is 11.5 Å². The van der Waals surface area contributed by atoms with Crippen molar-refractivity contribution < 1.29 is 28.9 Å². The number of methoxy groups -OCH3 is 1. The Morgan fingerprint density at radius 2 is 1.97 bits per heavy atom. The van der Waals surface area contributed by atoms with E-state index in [1.807, 2.05) is 11.0 Å². The molecular weight excluding hydrogens is 529 g/mol. The summed E-state index contributed by atoms with van der Waals surface area (Å²) in [6.07, 6.45) is 1.55. The second-order valence-electron chi connectivity index (χ2n) is 7.01. The average molecular weight is 553 g/mol. The summed E-state index contributed by atoms with van der Waals surface area (Å²) >= 11 is 2.14. The van der Waals surface area contributed by atoms with E-state index in [2.05, 4.69) is 33.1 Å². The molecule has 2 N–H and O–H groups in total. The van der Waals surface area contributed by atoms with Gasteiger partial charge in [-0.15, -0.1) is 0 Å². The van der Waals surface area contributed by atoms with Gasteiger partial charge in [0.05, 0.1) is 42.2 Å². The molecule has 2 aromatic carbocycles. The summed E-state index contributed by atoms with van der Waals surface area (Å²) < 4.78 is 17.5. The molecular formula is C22H24IN3O6. The molecule has 0 bridgehead atoms. The van der Waals surface area contributed by atoms with Crippen molar-refractivity contribution in [2.45, 2.75) is 6.61 Å². The maximum Gasteiger partial charge on any atom is 0.335 e. The molecule has 2 aromatic rings. The Hall–Kier alpha value is -2.70. The highest BCUT2D eigenvalue weighted by Gasteiger charge is 2.14. The van der Waals surface area contributed by atoms with Crippen LogP contribution < -0.4 is 14.9 Å². The van der Waals surface area contributed by atoms with Gasteiger partial charge in [0.1, 0.15) is 6.61 Å². The minimum atomic E-state index is -0.969. The van der Waals surface area contributed by atoms with E-state index in [9.17, 15) is 9.59 Å². The largest absolute Gasteiger partial charge is 0.493 e. The first-order valence-electron chi connectivity index (χ1n) is 9.91. The first-order valence-corrected chi connectivity index (χ1v) is 11.0. The maximum absolute atomic E-state index is 12.0. The molecule has 3 rings (SSSR count). The van der Waals surface area contributed by atoms with Gasteiger partial charge < -0.3 is 19.3 Å². The Morgan fingerprint density at radius 1 is 1.25 bits per heavy atom. The Labute approximate surface area is 199 Å². The highest BCUT2D eigenvalue weighted by Crippen LogP contribution is 2.34. The molecule has 1 aliphatic heterocycles. The molecule has 1 heterocycles. The Morgan fingerprint density at radius 3 is 2.62 bits per heavy atom. The van der Waals surface area contributed by atoms with Gasteiger partial charge in [-0.1, -0.05) is 12.1 Å². The van der Waals surface area contributed by atoms with Gasteiger partial charge in [-0.2, -0.15) is 5.10 Å². The predicted octanol–water partition coefficient (Wildman–Crippen LogP) is 2.36. The third-order valence-corrected chi connectivity index (χ3v) is 5.51. The Bertz CT molecular complexity index is 974. The zero-order chi connectivity index (χ0) is 22.9. The first kappa shape index (κ1) is 24.0. The van der Waals surface area contributed by atoms with E-state index in [1.54, 1.807) is 31.5 Å². The number of hydrogen-bond acceptors (Lipinski definition) is 7. The fourth-order valence-electron chi connectivity index (χ4n) is 3.03. The topological polar surface area (TPSA) is 110 Å². The summed E-state index contributed by atoms with van der Waals surface area (Å²) in [4.78, 5) is 25.0. The molecule has 32 heavy (non-hydrogen) atoms. The van der Waals surface area contributed by atoms with Crippen molar-refractivity contribution in [2.24, 2.45) is 5.10 Å². The van der Waals surface area contributed by atoms with Gasteiger partial charge in [0.25, 0.3) is 5.91 Å². The molecule has 170 valence electrons. The number of aromatic carboxylic acids is 1. The van der Waals surface area contributed by atoms with Gasteiger partial charge >= 0.3 is 5.97 Å². The average Bonchev–Trinajstić information content (AvgIpc) is 2.79.